The minimum absolute atomic E-state index is 0.623. The first-order chi connectivity index (χ1) is 11.8. The number of anilines is 1. The number of rotatable bonds is 4. The number of hydrogen-bond acceptors (Lipinski definition) is 3. The van der Waals surface area contributed by atoms with Gasteiger partial charge in [-0.15, -0.1) is 0 Å². The summed E-state index contributed by atoms with van der Waals surface area (Å²) in [6, 6.07) is 8.85. The molecule has 1 fully saturated rings. The predicted molar refractivity (Wildman–Crippen MR) is 99.2 cm³/mol. The molecule has 1 N–H and O–H groups in total. The van der Waals surface area contributed by atoms with E-state index in [1.54, 1.807) is 0 Å². The molecule has 0 bridgehead atoms. The van der Waals surface area contributed by atoms with Crippen molar-refractivity contribution in [2.45, 2.75) is 45.4 Å². The van der Waals surface area contributed by atoms with Crippen LogP contribution in [0.2, 0.25) is 0 Å². The van der Waals surface area contributed by atoms with Crippen molar-refractivity contribution in [1.82, 2.24) is 14.7 Å². The van der Waals surface area contributed by atoms with Crippen molar-refractivity contribution in [2.75, 3.05) is 31.5 Å². The summed E-state index contributed by atoms with van der Waals surface area (Å²) >= 11 is 0. The highest BCUT2D eigenvalue weighted by molar-refractivity contribution is 5.58. The molecule has 1 aromatic heterocycles. The molecule has 2 aliphatic rings. The molecular formula is C20H28N4. The standard InChI is InChI=1S/C20H28N4/c1-3-15-5-7-17(8-6-15)24-20-18(9-12-21-20)19(22-24)16-10-13-23(4-2)14-11-16/h5-8,16,21H,3-4,9-14H2,1-2H3. The van der Waals surface area contributed by atoms with Crippen LogP contribution in [-0.4, -0.2) is 40.9 Å². The van der Waals surface area contributed by atoms with Gasteiger partial charge in [-0.25, -0.2) is 4.68 Å². The third kappa shape index (κ3) is 2.73. The molecule has 0 unspecified atom stereocenters. The third-order valence-corrected chi connectivity index (χ3v) is 5.69. The number of nitrogens with one attached hydrogen (secondary N) is 1. The SMILES string of the molecule is CCc1ccc(-n2nc(C3CCN(CC)CC3)c3c2NCC3)cc1. The number of nitrogens with zero attached hydrogens (tertiary/aromatic N) is 3. The van der Waals surface area contributed by atoms with E-state index in [1.807, 2.05) is 0 Å². The monoisotopic (exact) mass is 324 g/mol. The van der Waals surface area contributed by atoms with Gasteiger partial charge in [-0.2, -0.15) is 5.10 Å². The summed E-state index contributed by atoms with van der Waals surface area (Å²) in [6.45, 7) is 9.09. The molecule has 0 spiro atoms. The van der Waals surface area contributed by atoms with Gasteiger partial charge in [0.25, 0.3) is 0 Å². The van der Waals surface area contributed by atoms with Gasteiger partial charge in [-0.1, -0.05) is 26.0 Å². The Morgan fingerprint density at radius 1 is 1.12 bits per heavy atom. The van der Waals surface area contributed by atoms with Gasteiger partial charge >= 0.3 is 0 Å². The maximum Gasteiger partial charge on any atom is 0.133 e. The zero-order chi connectivity index (χ0) is 16.5. The van der Waals surface area contributed by atoms with E-state index in [0.29, 0.717) is 5.92 Å². The van der Waals surface area contributed by atoms with E-state index in [9.17, 15) is 0 Å². The number of likely N-dealkylation sites (tertiary alicyclic amines) is 1. The molecule has 24 heavy (non-hydrogen) atoms. The van der Waals surface area contributed by atoms with Gasteiger partial charge in [0.05, 0.1) is 11.4 Å². The maximum atomic E-state index is 5.07. The topological polar surface area (TPSA) is 33.1 Å². The first kappa shape index (κ1) is 15.7. The minimum Gasteiger partial charge on any atom is -0.369 e. The number of aromatic nitrogens is 2. The van der Waals surface area contributed by atoms with E-state index in [-0.39, 0.29) is 0 Å². The Morgan fingerprint density at radius 2 is 1.88 bits per heavy atom. The van der Waals surface area contributed by atoms with Crippen molar-refractivity contribution in [3.05, 3.63) is 41.1 Å². The summed E-state index contributed by atoms with van der Waals surface area (Å²) in [6.07, 6.45) is 4.68. The van der Waals surface area contributed by atoms with Crippen LogP contribution < -0.4 is 5.32 Å². The zero-order valence-electron chi connectivity index (χ0n) is 14.9. The highest BCUT2D eigenvalue weighted by Crippen LogP contribution is 2.36. The largest absolute Gasteiger partial charge is 0.369 e. The van der Waals surface area contributed by atoms with Crippen LogP contribution in [0.25, 0.3) is 5.69 Å². The Kier molecular flexibility index (Phi) is 4.31. The molecule has 2 aromatic rings. The summed E-state index contributed by atoms with van der Waals surface area (Å²) < 4.78 is 2.14. The second-order valence-corrected chi connectivity index (χ2v) is 7.03. The van der Waals surface area contributed by atoms with Gasteiger partial charge in [0.2, 0.25) is 0 Å². The molecule has 0 atom stereocenters. The summed E-state index contributed by atoms with van der Waals surface area (Å²) in [5.74, 6) is 1.85. The zero-order valence-corrected chi connectivity index (χ0v) is 14.9. The van der Waals surface area contributed by atoms with Gasteiger partial charge in [0, 0.05) is 18.0 Å². The molecule has 0 radical (unpaired) electrons. The highest BCUT2D eigenvalue weighted by atomic mass is 15.3. The second kappa shape index (κ2) is 6.60. The maximum absolute atomic E-state index is 5.07. The highest BCUT2D eigenvalue weighted by Gasteiger charge is 2.29. The van der Waals surface area contributed by atoms with Crippen molar-refractivity contribution < 1.29 is 0 Å². The van der Waals surface area contributed by atoms with Crippen molar-refractivity contribution in [3.63, 3.8) is 0 Å². The van der Waals surface area contributed by atoms with Gasteiger partial charge in [0.1, 0.15) is 5.82 Å². The van der Waals surface area contributed by atoms with Crippen molar-refractivity contribution in [3.8, 4) is 5.69 Å². The summed E-state index contributed by atoms with van der Waals surface area (Å²) in [4.78, 5) is 2.55. The molecule has 0 amide bonds. The van der Waals surface area contributed by atoms with Gasteiger partial charge in [0.15, 0.2) is 0 Å². The molecule has 2 aliphatic heterocycles. The molecular weight excluding hydrogens is 296 g/mol. The number of piperidine rings is 1. The Morgan fingerprint density at radius 3 is 2.54 bits per heavy atom. The molecule has 4 nitrogen and oxygen atoms in total. The van der Waals surface area contributed by atoms with E-state index in [1.165, 1.54) is 60.8 Å². The van der Waals surface area contributed by atoms with Crippen LogP contribution in [0.3, 0.4) is 0 Å². The average Bonchev–Trinajstić information content (AvgIpc) is 3.24. The Balaban J connectivity index is 1.65. The first-order valence-electron chi connectivity index (χ1n) is 9.47. The van der Waals surface area contributed by atoms with Crippen LogP contribution in [0.15, 0.2) is 24.3 Å². The average molecular weight is 324 g/mol. The summed E-state index contributed by atoms with van der Waals surface area (Å²) in [5, 5.41) is 8.63. The normalized spacial score (nSPS) is 18.6. The van der Waals surface area contributed by atoms with Crippen LogP contribution >= 0.6 is 0 Å². The molecule has 0 saturated carbocycles. The van der Waals surface area contributed by atoms with Crippen LogP contribution in [0.5, 0.6) is 0 Å². The molecule has 3 heterocycles. The lowest BCUT2D eigenvalue weighted by atomic mass is 9.91. The quantitative estimate of drug-likeness (QED) is 0.933. The van der Waals surface area contributed by atoms with Crippen molar-refractivity contribution in [1.29, 1.82) is 0 Å². The number of aryl methyl sites for hydroxylation is 1. The number of benzene rings is 1. The molecule has 1 aromatic carbocycles. The number of fused-ring (bicyclic) bond motifs is 1. The molecule has 128 valence electrons. The third-order valence-electron chi connectivity index (χ3n) is 5.69. The fourth-order valence-electron chi connectivity index (χ4n) is 4.11. The van der Waals surface area contributed by atoms with E-state index >= 15 is 0 Å². The lowest BCUT2D eigenvalue weighted by Crippen LogP contribution is -2.33. The van der Waals surface area contributed by atoms with Gasteiger partial charge in [-0.3, -0.25) is 0 Å². The Bertz CT molecular complexity index is 693. The van der Waals surface area contributed by atoms with Crippen molar-refractivity contribution >= 4 is 5.82 Å². The molecule has 4 rings (SSSR count). The fourth-order valence-corrected chi connectivity index (χ4v) is 4.11. The van der Waals surface area contributed by atoms with E-state index < -0.39 is 0 Å². The van der Waals surface area contributed by atoms with Gasteiger partial charge < -0.3 is 10.2 Å². The fraction of sp³-hybridized carbons (Fsp3) is 0.550. The molecule has 4 heteroatoms. The van der Waals surface area contributed by atoms with Crippen LogP contribution in [0.1, 0.15) is 49.4 Å². The van der Waals surface area contributed by atoms with E-state index in [4.69, 9.17) is 5.10 Å². The van der Waals surface area contributed by atoms with Crippen molar-refractivity contribution in [2.24, 2.45) is 0 Å². The van der Waals surface area contributed by atoms with E-state index in [0.717, 1.165) is 19.4 Å². The number of hydrogen-bond donors (Lipinski definition) is 1. The summed E-state index contributed by atoms with van der Waals surface area (Å²) in [5.41, 5.74) is 5.37. The van der Waals surface area contributed by atoms with Crippen LogP contribution in [-0.2, 0) is 12.8 Å². The summed E-state index contributed by atoms with van der Waals surface area (Å²) in [7, 11) is 0. The second-order valence-electron chi connectivity index (χ2n) is 7.03. The van der Waals surface area contributed by atoms with Crippen LogP contribution in [0.4, 0.5) is 5.82 Å². The van der Waals surface area contributed by atoms with Crippen LogP contribution in [0, 0.1) is 0 Å². The minimum atomic E-state index is 0.623. The Labute approximate surface area is 144 Å². The van der Waals surface area contributed by atoms with E-state index in [2.05, 4.69) is 53.0 Å². The predicted octanol–water partition coefficient (Wildman–Crippen LogP) is 3.60. The lowest BCUT2D eigenvalue weighted by molar-refractivity contribution is 0.220. The lowest BCUT2D eigenvalue weighted by Gasteiger charge is -2.30. The Hall–Kier alpha value is -1.81. The first-order valence-corrected chi connectivity index (χ1v) is 9.47. The van der Waals surface area contributed by atoms with Gasteiger partial charge in [-0.05, 0) is 63.0 Å². The smallest absolute Gasteiger partial charge is 0.133 e. The molecule has 0 aliphatic carbocycles. The molecule has 1 saturated heterocycles.